The molecule has 1 aromatic carbocycles. The summed E-state index contributed by atoms with van der Waals surface area (Å²) in [6, 6.07) is 7.81. The van der Waals surface area contributed by atoms with Crippen LogP contribution in [0, 0.1) is 0 Å². The predicted octanol–water partition coefficient (Wildman–Crippen LogP) is 1.12. The molecule has 20 heavy (non-hydrogen) atoms. The minimum absolute atomic E-state index is 0.0709. The van der Waals surface area contributed by atoms with Crippen molar-refractivity contribution in [1.82, 2.24) is 10.9 Å². The van der Waals surface area contributed by atoms with Crippen LogP contribution in [0.1, 0.15) is 18.4 Å². The fourth-order valence-electron chi connectivity index (χ4n) is 1.60. The molecule has 0 fully saturated rings. The van der Waals surface area contributed by atoms with Crippen molar-refractivity contribution < 1.29 is 9.59 Å². The van der Waals surface area contributed by atoms with Crippen LogP contribution in [-0.4, -0.2) is 30.0 Å². The van der Waals surface area contributed by atoms with E-state index in [1.807, 2.05) is 30.5 Å². The van der Waals surface area contributed by atoms with Gasteiger partial charge in [0.1, 0.15) is 0 Å². The highest BCUT2D eigenvalue weighted by Gasteiger charge is 2.16. The van der Waals surface area contributed by atoms with Gasteiger partial charge in [0.15, 0.2) is 0 Å². The lowest BCUT2D eigenvalue weighted by atomic mass is 10.2. The van der Waals surface area contributed by atoms with Gasteiger partial charge in [-0.1, -0.05) is 12.1 Å². The largest absolute Gasteiger partial charge is 0.273 e. The number of carbonyl (C=O) groups excluding carboxylic acids is 2. The Morgan fingerprint density at radius 1 is 1.50 bits per heavy atom. The van der Waals surface area contributed by atoms with E-state index in [-0.39, 0.29) is 24.7 Å². The highest BCUT2D eigenvalue weighted by molar-refractivity contribution is 7.98. The van der Waals surface area contributed by atoms with Crippen molar-refractivity contribution >= 4 is 35.5 Å². The van der Waals surface area contributed by atoms with Crippen molar-refractivity contribution in [2.75, 3.05) is 6.26 Å². The number of hydrogen-bond acceptors (Lipinski definition) is 5. The Labute approximate surface area is 120 Å². The summed E-state index contributed by atoms with van der Waals surface area (Å²) in [5.74, 6) is -0.484. The first-order valence-electron chi connectivity index (χ1n) is 5.97. The molecule has 2 amide bonds. The van der Waals surface area contributed by atoms with Gasteiger partial charge >= 0.3 is 0 Å². The van der Waals surface area contributed by atoms with Gasteiger partial charge in [-0.3, -0.25) is 9.59 Å². The third-order valence-electron chi connectivity index (χ3n) is 2.59. The summed E-state index contributed by atoms with van der Waals surface area (Å²) < 4.78 is 0. The molecule has 104 valence electrons. The topological polar surface area (TPSA) is 82.9 Å². The second-order valence-corrected chi connectivity index (χ2v) is 5.01. The molecule has 0 saturated heterocycles. The Kier molecular flexibility index (Phi) is 4.89. The Morgan fingerprint density at radius 3 is 2.85 bits per heavy atom. The Hall–Kier alpha value is -2.15. The molecule has 6 nitrogen and oxygen atoms in total. The number of carbonyl (C=O) groups is 2. The lowest BCUT2D eigenvalue weighted by Crippen LogP contribution is -2.20. The average molecular weight is 290 g/mol. The third kappa shape index (κ3) is 4.20. The first kappa shape index (κ1) is 14.3. The summed E-state index contributed by atoms with van der Waals surface area (Å²) in [5.41, 5.74) is 6.12. The average Bonchev–Trinajstić information content (AvgIpc) is 2.85. The molecule has 0 unspecified atom stereocenters. The number of nitrogens with one attached hydrogen (secondary N) is 2. The van der Waals surface area contributed by atoms with E-state index in [1.54, 1.807) is 18.0 Å². The van der Waals surface area contributed by atoms with E-state index in [2.05, 4.69) is 21.1 Å². The van der Waals surface area contributed by atoms with Gasteiger partial charge in [0, 0.05) is 4.90 Å². The molecular weight excluding hydrogens is 276 g/mol. The maximum absolute atomic E-state index is 11.5. The number of hydrogen-bond donors (Lipinski definition) is 2. The smallest absolute Gasteiger partial charge is 0.245 e. The Morgan fingerprint density at radius 2 is 2.25 bits per heavy atom. The monoisotopic (exact) mass is 290 g/mol. The van der Waals surface area contributed by atoms with Crippen molar-refractivity contribution in [3.63, 3.8) is 0 Å². The van der Waals surface area contributed by atoms with E-state index in [0.717, 1.165) is 5.56 Å². The number of thioether (sulfide) groups is 1. The van der Waals surface area contributed by atoms with Crippen molar-refractivity contribution in [3.8, 4) is 0 Å². The zero-order valence-corrected chi connectivity index (χ0v) is 11.7. The second-order valence-electron chi connectivity index (χ2n) is 4.13. The van der Waals surface area contributed by atoms with E-state index < -0.39 is 0 Å². The molecule has 1 heterocycles. The molecule has 0 bridgehead atoms. The van der Waals surface area contributed by atoms with Crippen LogP contribution in [0.4, 0.5) is 0 Å². The molecular formula is C13H14N4O2S. The van der Waals surface area contributed by atoms with Crippen molar-refractivity contribution in [2.45, 2.75) is 17.7 Å². The van der Waals surface area contributed by atoms with Crippen molar-refractivity contribution in [3.05, 3.63) is 29.8 Å². The van der Waals surface area contributed by atoms with E-state index in [1.165, 1.54) is 4.90 Å². The van der Waals surface area contributed by atoms with Crippen LogP contribution < -0.4 is 10.9 Å². The highest BCUT2D eigenvalue weighted by Crippen LogP contribution is 2.13. The van der Waals surface area contributed by atoms with Gasteiger partial charge in [-0.2, -0.15) is 10.2 Å². The van der Waals surface area contributed by atoms with Gasteiger partial charge in [0.2, 0.25) is 11.8 Å². The predicted molar refractivity (Wildman–Crippen MR) is 78.8 cm³/mol. The van der Waals surface area contributed by atoms with Crippen LogP contribution in [0.25, 0.3) is 0 Å². The van der Waals surface area contributed by atoms with Gasteiger partial charge in [0.25, 0.3) is 0 Å². The van der Waals surface area contributed by atoms with E-state index in [0.29, 0.717) is 5.71 Å². The van der Waals surface area contributed by atoms with Crippen LogP contribution in [-0.2, 0) is 9.59 Å². The number of amides is 2. The third-order valence-corrected chi connectivity index (χ3v) is 3.33. The lowest BCUT2D eigenvalue weighted by Gasteiger charge is -1.99. The van der Waals surface area contributed by atoms with Gasteiger partial charge < -0.3 is 0 Å². The minimum Gasteiger partial charge on any atom is -0.273 e. The quantitative estimate of drug-likeness (QED) is 0.484. The number of hydrazone groups is 2. The molecule has 0 aromatic heterocycles. The minimum atomic E-state index is -0.294. The summed E-state index contributed by atoms with van der Waals surface area (Å²) in [6.07, 6.45) is 3.82. The fraction of sp³-hybridized carbons (Fsp3) is 0.231. The van der Waals surface area contributed by atoms with Gasteiger partial charge in [0.05, 0.1) is 24.8 Å². The molecule has 1 aliphatic heterocycles. The van der Waals surface area contributed by atoms with Crippen LogP contribution in [0.15, 0.2) is 39.4 Å². The lowest BCUT2D eigenvalue weighted by molar-refractivity contribution is -0.119. The molecule has 2 rings (SSSR count). The molecule has 0 saturated carbocycles. The maximum Gasteiger partial charge on any atom is 0.245 e. The molecule has 0 radical (unpaired) electrons. The van der Waals surface area contributed by atoms with Gasteiger partial charge in [-0.25, -0.2) is 10.9 Å². The van der Waals surface area contributed by atoms with Gasteiger partial charge in [-0.15, -0.1) is 11.8 Å². The molecule has 0 aliphatic carbocycles. The van der Waals surface area contributed by atoms with Crippen LogP contribution >= 0.6 is 11.8 Å². The van der Waals surface area contributed by atoms with E-state index in [9.17, 15) is 9.59 Å². The molecule has 0 spiro atoms. The molecule has 7 heteroatoms. The molecule has 1 aliphatic rings. The molecule has 1 aromatic rings. The molecule has 0 atom stereocenters. The molecule has 2 N–H and O–H groups in total. The fourth-order valence-corrected chi connectivity index (χ4v) is 2.01. The van der Waals surface area contributed by atoms with Crippen LogP contribution in [0.2, 0.25) is 0 Å². The summed E-state index contributed by atoms with van der Waals surface area (Å²) >= 11 is 1.66. The Balaban J connectivity index is 1.80. The highest BCUT2D eigenvalue weighted by atomic mass is 32.2. The Bertz CT molecular complexity index is 566. The summed E-state index contributed by atoms with van der Waals surface area (Å²) in [5, 5.41) is 7.61. The SMILES string of the molecule is CSc1ccc(/C=N/NC(=O)CC2=NNC(=O)C2)cc1. The van der Waals surface area contributed by atoms with Crippen LogP contribution in [0.3, 0.4) is 0 Å². The van der Waals surface area contributed by atoms with Crippen molar-refractivity contribution in [2.24, 2.45) is 10.2 Å². The number of nitrogens with zero attached hydrogens (tertiary/aromatic N) is 2. The summed E-state index contributed by atoms with van der Waals surface area (Å²) in [7, 11) is 0. The van der Waals surface area contributed by atoms with Crippen LogP contribution in [0.5, 0.6) is 0 Å². The first-order chi connectivity index (χ1) is 9.67. The summed E-state index contributed by atoms with van der Waals surface area (Å²) in [6.45, 7) is 0. The number of benzene rings is 1. The maximum atomic E-state index is 11.5. The standard InChI is InChI=1S/C13H14N4O2S/c1-20-11-4-2-9(3-5-11)8-14-16-12(18)6-10-7-13(19)17-15-10/h2-5,8H,6-7H2,1H3,(H,16,18)(H,17,19)/b14-8+. The van der Waals surface area contributed by atoms with Crippen molar-refractivity contribution in [1.29, 1.82) is 0 Å². The van der Waals surface area contributed by atoms with E-state index >= 15 is 0 Å². The van der Waals surface area contributed by atoms with E-state index in [4.69, 9.17) is 0 Å². The number of rotatable bonds is 5. The normalized spacial score (nSPS) is 14.2. The summed E-state index contributed by atoms with van der Waals surface area (Å²) in [4.78, 5) is 23.6. The first-order valence-corrected chi connectivity index (χ1v) is 7.20. The zero-order chi connectivity index (χ0) is 14.4. The second kappa shape index (κ2) is 6.85. The van der Waals surface area contributed by atoms with Gasteiger partial charge in [-0.05, 0) is 24.0 Å². The zero-order valence-electron chi connectivity index (χ0n) is 10.9.